The Morgan fingerprint density at radius 1 is 1.35 bits per heavy atom. The van der Waals surface area contributed by atoms with E-state index in [0.717, 1.165) is 12.4 Å². The number of nitrogens with zero attached hydrogens (tertiary/aromatic N) is 2. The molecule has 94 valence electrons. The summed E-state index contributed by atoms with van der Waals surface area (Å²) in [5.41, 5.74) is 6.00. The van der Waals surface area contributed by atoms with Gasteiger partial charge in [0, 0.05) is 12.6 Å². The lowest BCUT2D eigenvalue weighted by molar-refractivity contribution is 0.566. The van der Waals surface area contributed by atoms with Crippen molar-refractivity contribution in [2.24, 2.45) is 11.7 Å². The highest BCUT2D eigenvalue weighted by Gasteiger charge is 2.14. The molecule has 0 spiro atoms. The summed E-state index contributed by atoms with van der Waals surface area (Å²) >= 11 is 0. The van der Waals surface area contributed by atoms with Crippen molar-refractivity contribution >= 4 is 11.7 Å². The molecule has 0 aromatic carbocycles. The third-order valence-corrected chi connectivity index (χ3v) is 2.49. The second-order valence-corrected chi connectivity index (χ2v) is 4.93. The Balaban J connectivity index is 3.01. The lowest BCUT2D eigenvalue weighted by Crippen LogP contribution is -2.35. The van der Waals surface area contributed by atoms with E-state index in [4.69, 9.17) is 11.1 Å². The van der Waals surface area contributed by atoms with E-state index in [0.29, 0.717) is 17.7 Å². The molecule has 0 atom stereocenters. The maximum Gasteiger partial charge on any atom is 0.141 e. The number of nitrogens with two attached hydrogens (primary N) is 1. The molecule has 0 amide bonds. The topological polar surface area (TPSA) is 66.0 Å². The summed E-state index contributed by atoms with van der Waals surface area (Å²) in [4.78, 5) is 6.66. The van der Waals surface area contributed by atoms with Crippen LogP contribution >= 0.6 is 0 Å². The van der Waals surface area contributed by atoms with Gasteiger partial charge in [-0.15, -0.1) is 0 Å². The molecule has 0 aliphatic carbocycles. The third kappa shape index (κ3) is 3.73. The Labute approximate surface area is 103 Å². The third-order valence-electron chi connectivity index (χ3n) is 2.49. The van der Waals surface area contributed by atoms with E-state index in [1.54, 1.807) is 6.07 Å². The van der Waals surface area contributed by atoms with Gasteiger partial charge in [-0.05, 0) is 31.9 Å². The molecule has 1 aromatic heterocycles. The molecule has 3 N–H and O–H groups in total. The van der Waals surface area contributed by atoms with Crippen LogP contribution in [0.25, 0.3) is 0 Å². The summed E-state index contributed by atoms with van der Waals surface area (Å²) in [6, 6.07) is 6.01. The fraction of sp³-hybridized carbons (Fsp3) is 0.538. The van der Waals surface area contributed by atoms with E-state index in [2.05, 4.69) is 37.6 Å². The number of nitrogen functional groups attached to an aromatic ring is 1. The maximum atomic E-state index is 7.42. The molecule has 0 saturated carbocycles. The Morgan fingerprint density at radius 3 is 2.47 bits per heavy atom. The minimum absolute atomic E-state index is 0.0140. The minimum atomic E-state index is 0.0140. The fourth-order valence-electron chi connectivity index (χ4n) is 1.70. The lowest BCUT2D eigenvalue weighted by Gasteiger charge is -2.29. The zero-order valence-corrected chi connectivity index (χ0v) is 11.1. The first kappa shape index (κ1) is 13.5. The van der Waals surface area contributed by atoms with E-state index >= 15 is 0 Å². The monoisotopic (exact) mass is 234 g/mol. The van der Waals surface area contributed by atoms with Gasteiger partial charge in [-0.25, -0.2) is 4.98 Å². The SMILES string of the molecule is CC(C)CN(c1cccc(C(=N)N)n1)C(C)C. The van der Waals surface area contributed by atoms with Crippen molar-refractivity contribution in [1.82, 2.24) is 4.98 Å². The molecule has 1 heterocycles. The summed E-state index contributed by atoms with van der Waals surface area (Å²) in [5.74, 6) is 1.47. The quantitative estimate of drug-likeness (QED) is 0.606. The van der Waals surface area contributed by atoms with Crippen molar-refractivity contribution in [3.63, 3.8) is 0 Å². The molecule has 1 rings (SSSR count). The summed E-state index contributed by atoms with van der Waals surface area (Å²) in [6.45, 7) is 9.61. The molecule has 0 aliphatic rings. The Kier molecular flexibility index (Phi) is 4.49. The normalized spacial score (nSPS) is 10.9. The molecule has 0 fully saturated rings. The first-order chi connectivity index (χ1) is 7.91. The van der Waals surface area contributed by atoms with Crippen LogP contribution in [0.15, 0.2) is 18.2 Å². The Bertz CT molecular complexity index is 385. The van der Waals surface area contributed by atoms with Gasteiger partial charge in [-0.3, -0.25) is 5.41 Å². The molecule has 4 heteroatoms. The van der Waals surface area contributed by atoms with E-state index < -0.39 is 0 Å². The van der Waals surface area contributed by atoms with E-state index in [9.17, 15) is 0 Å². The number of rotatable bonds is 5. The van der Waals surface area contributed by atoms with Crippen LogP contribution in [0.2, 0.25) is 0 Å². The first-order valence-electron chi connectivity index (χ1n) is 6.00. The van der Waals surface area contributed by atoms with Crippen LogP contribution in [0.1, 0.15) is 33.4 Å². The van der Waals surface area contributed by atoms with Gasteiger partial charge < -0.3 is 10.6 Å². The lowest BCUT2D eigenvalue weighted by atomic mass is 10.1. The zero-order valence-electron chi connectivity index (χ0n) is 11.1. The average Bonchev–Trinajstić information content (AvgIpc) is 2.25. The number of hydrogen-bond donors (Lipinski definition) is 2. The van der Waals surface area contributed by atoms with Crippen LogP contribution in [0.3, 0.4) is 0 Å². The summed E-state index contributed by atoms with van der Waals surface area (Å²) in [6.07, 6.45) is 0. The van der Waals surface area contributed by atoms with E-state index in [1.807, 2.05) is 12.1 Å². The van der Waals surface area contributed by atoms with Crippen molar-refractivity contribution in [3.05, 3.63) is 23.9 Å². The van der Waals surface area contributed by atoms with Crippen LogP contribution < -0.4 is 10.6 Å². The van der Waals surface area contributed by atoms with Gasteiger partial charge in [0.15, 0.2) is 0 Å². The molecule has 0 bridgehead atoms. The van der Waals surface area contributed by atoms with Gasteiger partial charge in [0.2, 0.25) is 0 Å². The summed E-state index contributed by atoms with van der Waals surface area (Å²) < 4.78 is 0. The van der Waals surface area contributed by atoms with Crippen LogP contribution in [-0.4, -0.2) is 23.4 Å². The fourth-order valence-corrected chi connectivity index (χ4v) is 1.70. The zero-order chi connectivity index (χ0) is 13.0. The molecule has 0 radical (unpaired) electrons. The smallest absolute Gasteiger partial charge is 0.141 e. The highest BCUT2D eigenvalue weighted by molar-refractivity contribution is 5.93. The standard InChI is InChI=1S/C13H22N4/c1-9(2)8-17(10(3)4)12-7-5-6-11(16-12)13(14)15/h5-7,9-10H,8H2,1-4H3,(H3,14,15). The number of pyridine rings is 1. The number of nitrogens with one attached hydrogen (secondary N) is 1. The summed E-state index contributed by atoms with van der Waals surface area (Å²) in [5, 5.41) is 7.42. The molecule has 0 aliphatic heterocycles. The van der Waals surface area contributed by atoms with Gasteiger partial charge in [0.1, 0.15) is 17.3 Å². The first-order valence-corrected chi connectivity index (χ1v) is 6.00. The Hall–Kier alpha value is -1.58. The summed E-state index contributed by atoms with van der Waals surface area (Å²) in [7, 11) is 0. The number of amidine groups is 1. The number of aromatic nitrogens is 1. The van der Waals surface area contributed by atoms with Gasteiger partial charge >= 0.3 is 0 Å². The molecule has 4 nitrogen and oxygen atoms in total. The maximum absolute atomic E-state index is 7.42. The molecular weight excluding hydrogens is 212 g/mol. The minimum Gasteiger partial charge on any atom is -0.382 e. The predicted molar refractivity (Wildman–Crippen MR) is 72.6 cm³/mol. The molecule has 1 aromatic rings. The van der Waals surface area contributed by atoms with E-state index in [-0.39, 0.29) is 5.84 Å². The second kappa shape index (κ2) is 5.66. The molecular formula is C13H22N4. The predicted octanol–water partition coefficient (Wildman–Crippen LogP) is 2.24. The van der Waals surface area contributed by atoms with Crippen molar-refractivity contribution in [2.45, 2.75) is 33.7 Å². The van der Waals surface area contributed by atoms with Crippen molar-refractivity contribution in [3.8, 4) is 0 Å². The number of anilines is 1. The Morgan fingerprint density at radius 2 is 2.00 bits per heavy atom. The van der Waals surface area contributed by atoms with Crippen molar-refractivity contribution in [2.75, 3.05) is 11.4 Å². The van der Waals surface area contributed by atoms with Gasteiger partial charge in [0.05, 0.1) is 0 Å². The molecule has 0 unspecified atom stereocenters. The van der Waals surface area contributed by atoms with Gasteiger partial charge in [-0.2, -0.15) is 0 Å². The highest BCUT2D eigenvalue weighted by atomic mass is 15.2. The molecule has 17 heavy (non-hydrogen) atoms. The average molecular weight is 234 g/mol. The van der Waals surface area contributed by atoms with Crippen molar-refractivity contribution in [1.29, 1.82) is 5.41 Å². The highest BCUT2D eigenvalue weighted by Crippen LogP contribution is 2.16. The van der Waals surface area contributed by atoms with E-state index in [1.165, 1.54) is 0 Å². The van der Waals surface area contributed by atoms with Crippen LogP contribution in [0.5, 0.6) is 0 Å². The van der Waals surface area contributed by atoms with Crippen LogP contribution in [-0.2, 0) is 0 Å². The number of hydrogen-bond acceptors (Lipinski definition) is 3. The van der Waals surface area contributed by atoms with Crippen LogP contribution in [0, 0.1) is 11.3 Å². The van der Waals surface area contributed by atoms with Crippen molar-refractivity contribution < 1.29 is 0 Å². The second-order valence-electron chi connectivity index (χ2n) is 4.93. The largest absolute Gasteiger partial charge is 0.382 e. The van der Waals surface area contributed by atoms with Gasteiger partial charge in [-0.1, -0.05) is 19.9 Å². The van der Waals surface area contributed by atoms with Crippen LogP contribution in [0.4, 0.5) is 5.82 Å². The van der Waals surface area contributed by atoms with Gasteiger partial charge in [0.25, 0.3) is 0 Å². The molecule has 0 saturated heterocycles.